The van der Waals surface area contributed by atoms with Gasteiger partial charge in [0.1, 0.15) is 4.88 Å². The van der Waals surface area contributed by atoms with Gasteiger partial charge in [-0.25, -0.2) is 4.98 Å². The van der Waals surface area contributed by atoms with Crippen molar-refractivity contribution in [1.29, 1.82) is 0 Å². The summed E-state index contributed by atoms with van der Waals surface area (Å²) in [6.07, 6.45) is 8.00. The van der Waals surface area contributed by atoms with Gasteiger partial charge in [0.15, 0.2) is 0 Å². The molecule has 0 aliphatic heterocycles. The number of nitrogens with one attached hydrogen (secondary N) is 1. The van der Waals surface area contributed by atoms with Gasteiger partial charge in [-0.2, -0.15) is 0 Å². The molecule has 2 aliphatic rings. The predicted molar refractivity (Wildman–Crippen MR) is 93.5 cm³/mol. The van der Waals surface area contributed by atoms with E-state index in [0.29, 0.717) is 23.6 Å². The van der Waals surface area contributed by atoms with E-state index >= 15 is 0 Å². The number of thiazole rings is 1. The molecule has 1 heterocycles. The number of rotatable bonds is 4. The second-order valence-corrected chi connectivity index (χ2v) is 8.49. The van der Waals surface area contributed by atoms with Crippen molar-refractivity contribution in [2.24, 2.45) is 5.92 Å². The molecule has 2 fully saturated rings. The van der Waals surface area contributed by atoms with E-state index in [1.54, 1.807) is 0 Å². The third kappa shape index (κ3) is 3.34. The van der Waals surface area contributed by atoms with Crippen molar-refractivity contribution in [3.8, 4) is 0 Å². The Morgan fingerprint density at radius 1 is 1.21 bits per heavy atom. The number of carbonyl (C=O) groups excluding carboxylic acids is 1. The highest BCUT2D eigenvalue weighted by Crippen LogP contribution is 2.38. The molecular weight excluding hydrogens is 324 g/mol. The summed E-state index contributed by atoms with van der Waals surface area (Å²) in [6, 6.07) is 0. The first-order valence-electron chi connectivity index (χ1n) is 8.93. The zero-order valence-electron chi connectivity index (χ0n) is 14.4. The molecule has 5 nitrogen and oxygen atoms in total. The minimum absolute atomic E-state index is 0.162. The molecule has 1 aromatic heterocycles. The molecule has 0 spiro atoms. The standard InChI is InChI=1S/C18H26N2O3S/c1-11-14(24-16(19-11)12-7-3-4-8-12)15(21)20-18(2)10-6-5-9-13(18)17(22)23/h12-13H,3-10H2,1-2H3,(H,20,21)(H,22,23). The molecule has 0 saturated heterocycles. The zero-order chi connectivity index (χ0) is 17.3. The van der Waals surface area contributed by atoms with Crippen LogP contribution in [0.4, 0.5) is 0 Å². The highest BCUT2D eigenvalue weighted by atomic mass is 32.1. The Balaban J connectivity index is 1.77. The minimum atomic E-state index is -0.815. The van der Waals surface area contributed by atoms with Crippen LogP contribution in [0.25, 0.3) is 0 Å². The number of carboxylic acid groups (broad SMARTS) is 1. The number of aromatic nitrogens is 1. The van der Waals surface area contributed by atoms with Crippen molar-refractivity contribution >= 4 is 23.2 Å². The number of aliphatic carboxylic acids is 1. The van der Waals surface area contributed by atoms with Crippen LogP contribution in [0.1, 0.15) is 84.6 Å². The fourth-order valence-electron chi connectivity index (χ4n) is 4.17. The fourth-order valence-corrected chi connectivity index (χ4v) is 5.30. The molecule has 132 valence electrons. The topological polar surface area (TPSA) is 79.3 Å². The molecule has 6 heteroatoms. The molecule has 24 heavy (non-hydrogen) atoms. The van der Waals surface area contributed by atoms with Crippen LogP contribution in [0.5, 0.6) is 0 Å². The summed E-state index contributed by atoms with van der Waals surface area (Å²) in [7, 11) is 0. The van der Waals surface area contributed by atoms with E-state index in [4.69, 9.17) is 0 Å². The monoisotopic (exact) mass is 350 g/mol. The van der Waals surface area contributed by atoms with Gasteiger partial charge in [-0.1, -0.05) is 25.7 Å². The summed E-state index contributed by atoms with van der Waals surface area (Å²) in [5.41, 5.74) is 0.0937. The highest BCUT2D eigenvalue weighted by Gasteiger charge is 2.42. The maximum absolute atomic E-state index is 12.8. The van der Waals surface area contributed by atoms with Gasteiger partial charge in [0, 0.05) is 5.92 Å². The van der Waals surface area contributed by atoms with E-state index in [2.05, 4.69) is 10.3 Å². The number of carboxylic acids is 1. The third-order valence-corrected chi connectivity index (χ3v) is 6.95. The third-order valence-electron chi connectivity index (χ3n) is 5.63. The van der Waals surface area contributed by atoms with Crippen LogP contribution in [0.3, 0.4) is 0 Å². The number of hydrogen-bond donors (Lipinski definition) is 2. The Labute approximate surface area is 146 Å². The summed E-state index contributed by atoms with van der Waals surface area (Å²) in [6.45, 7) is 3.75. The van der Waals surface area contributed by atoms with Crippen LogP contribution in [0, 0.1) is 12.8 Å². The lowest BCUT2D eigenvalue weighted by Gasteiger charge is -2.39. The Morgan fingerprint density at radius 2 is 1.88 bits per heavy atom. The molecule has 1 aromatic rings. The summed E-state index contributed by atoms with van der Waals surface area (Å²) in [5, 5.41) is 13.6. The summed E-state index contributed by atoms with van der Waals surface area (Å²) in [5.74, 6) is -1.000. The molecule has 1 amide bonds. The van der Waals surface area contributed by atoms with E-state index in [-0.39, 0.29) is 5.91 Å². The van der Waals surface area contributed by atoms with Crippen molar-refractivity contribution in [1.82, 2.24) is 10.3 Å². The van der Waals surface area contributed by atoms with E-state index in [1.807, 2.05) is 13.8 Å². The van der Waals surface area contributed by atoms with E-state index in [1.165, 1.54) is 24.2 Å². The van der Waals surface area contributed by atoms with E-state index < -0.39 is 17.4 Å². The lowest BCUT2D eigenvalue weighted by atomic mass is 9.74. The average molecular weight is 350 g/mol. The van der Waals surface area contributed by atoms with Crippen LogP contribution in [0.15, 0.2) is 0 Å². The zero-order valence-corrected chi connectivity index (χ0v) is 15.2. The molecular formula is C18H26N2O3S. The smallest absolute Gasteiger partial charge is 0.308 e. The van der Waals surface area contributed by atoms with Gasteiger partial charge in [0.25, 0.3) is 5.91 Å². The molecule has 2 atom stereocenters. The Kier molecular flexibility index (Phi) is 4.95. The fraction of sp³-hybridized carbons (Fsp3) is 0.722. The highest BCUT2D eigenvalue weighted by molar-refractivity contribution is 7.13. The van der Waals surface area contributed by atoms with Gasteiger partial charge in [-0.05, 0) is 39.5 Å². The maximum atomic E-state index is 12.8. The Bertz CT molecular complexity index is 636. The van der Waals surface area contributed by atoms with Crippen LogP contribution >= 0.6 is 11.3 Å². The van der Waals surface area contributed by atoms with Crippen LogP contribution in [0.2, 0.25) is 0 Å². The van der Waals surface area contributed by atoms with Gasteiger partial charge in [-0.3, -0.25) is 9.59 Å². The van der Waals surface area contributed by atoms with Gasteiger partial charge < -0.3 is 10.4 Å². The van der Waals surface area contributed by atoms with Crippen LogP contribution in [-0.2, 0) is 4.79 Å². The normalized spacial score (nSPS) is 28.0. The molecule has 2 saturated carbocycles. The molecule has 2 unspecified atom stereocenters. The summed E-state index contributed by atoms with van der Waals surface area (Å²) < 4.78 is 0. The molecule has 2 aliphatic carbocycles. The Hall–Kier alpha value is -1.43. The largest absolute Gasteiger partial charge is 0.481 e. The van der Waals surface area contributed by atoms with Crippen molar-refractivity contribution in [3.05, 3.63) is 15.6 Å². The molecule has 3 rings (SSSR count). The second kappa shape index (κ2) is 6.82. The summed E-state index contributed by atoms with van der Waals surface area (Å²) in [4.78, 5) is 29.6. The van der Waals surface area contributed by atoms with Crippen molar-refractivity contribution < 1.29 is 14.7 Å². The number of amides is 1. The average Bonchev–Trinajstić information content (AvgIpc) is 3.15. The summed E-state index contributed by atoms with van der Waals surface area (Å²) >= 11 is 1.49. The first kappa shape index (κ1) is 17.4. The lowest BCUT2D eigenvalue weighted by molar-refractivity contribution is -0.145. The number of aryl methyl sites for hydroxylation is 1. The molecule has 2 N–H and O–H groups in total. The number of carbonyl (C=O) groups is 2. The minimum Gasteiger partial charge on any atom is -0.481 e. The van der Waals surface area contributed by atoms with Gasteiger partial charge in [0.2, 0.25) is 0 Å². The SMILES string of the molecule is Cc1nc(C2CCCC2)sc1C(=O)NC1(C)CCCCC1C(=O)O. The molecule has 0 radical (unpaired) electrons. The Morgan fingerprint density at radius 3 is 2.54 bits per heavy atom. The maximum Gasteiger partial charge on any atom is 0.308 e. The predicted octanol–water partition coefficient (Wildman–Crippen LogP) is 3.87. The van der Waals surface area contributed by atoms with Gasteiger partial charge in [0.05, 0.1) is 22.2 Å². The quantitative estimate of drug-likeness (QED) is 0.864. The van der Waals surface area contributed by atoms with E-state index in [9.17, 15) is 14.7 Å². The number of nitrogens with zero attached hydrogens (tertiary/aromatic N) is 1. The first-order chi connectivity index (χ1) is 11.4. The van der Waals surface area contributed by atoms with Crippen LogP contribution < -0.4 is 5.32 Å². The van der Waals surface area contributed by atoms with Crippen molar-refractivity contribution in [3.63, 3.8) is 0 Å². The first-order valence-corrected chi connectivity index (χ1v) is 9.75. The van der Waals surface area contributed by atoms with Crippen molar-refractivity contribution in [2.75, 3.05) is 0 Å². The van der Waals surface area contributed by atoms with Crippen molar-refractivity contribution in [2.45, 2.75) is 76.7 Å². The molecule has 0 bridgehead atoms. The molecule has 0 aromatic carbocycles. The van der Waals surface area contributed by atoms with Gasteiger partial charge in [-0.15, -0.1) is 11.3 Å². The van der Waals surface area contributed by atoms with Gasteiger partial charge >= 0.3 is 5.97 Å². The second-order valence-electron chi connectivity index (χ2n) is 7.46. The van der Waals surface area contributed by atoms with E-state index in [0.717, 1.165) is 36.4 Å². The number of hydrogen-bond acceptors (Lipinski definition) is 4. The van der Waals surface area contributed by atoms with Crippen LogP contribution in [-0.4, -0.2) is 27.5 Å². The lowest BCUT2D eigenvalue weighted by Crippen LogP contribution is -2.55.